The third-order valence-corrected chi connectivity index (χ3v) is 1.74. The van der Waals surface area contributed by atoms with Crippen LogP contribution in [0.25, 0.3) is 0 Å². The number of benzene rings is 1. The van der Waals surface area contributed by atoms with Gasteiger partial charge in [-0.3, -0.25) is 14.7 Å². The molecule has 0 amide bonds. The Kier molecular flexibility index (Phi) is 3.19. The Morgan fingerprint density at radius 1 is 1.40 bits per heavy atom. The van der Waals surface area contributed by atoms with Crippen LogP contribution in [0.3, 0.4) is 0 Å². The summed E-state index contributed by atoms with van der Waals surface area (Å²) < 4.78 is 28.9. The van der Waals surface area contributed by atoms with Crippen LogP contribution in [-0.2, 0) is 10.3 Å². The molecule has 1 rings (SSSR count). The van der Waals surface area contributed by atoms with Crippen LogP contribution in [0.5, 0.6) is 0 Å². The second-order valence-corrected chi connectivity index (χ2v) is 3.66. The lowest BCUT2D eigenvalue weighted by molar-refractivity contribution is -0.384. The largest absolute Gasteiger partial charge is 0.350 e. The predicted molar refractivity (Wildman–Crippen MR) is 51.4 cm³/mol. The number of rotatable bonds is 4. The van der Waals surface area contributed by atoms with Crippen LogP contribution in [0.1, 0.15) is 0 Å². The van der Waals surface area contributed by atoms with Crippen LogP contribution in [0.2, 0.25) is 0 Å². The average molecular weight is 233 g/mol. The minimum absolute atomic E-state index is 0.141. The van der Waals surface area contributed by atoms with Gasteiger partial charge < -0.3 is 5.43 Å². The van der Waals surface area contributed by atoms with E-state index >= 15 is 0 Å². The molecule has 0 fully saturated rings. The van der Waals surface area contributed by atoms with Gasteiger partial charge in [-0.1, -0.05) is 6.07 Å². The minimum Gasteiger partial charge on any atom is -0.306 e. The van der Waals surface area contributed by atoms with Gasteiger partial charge in [0.2, 0.25) is 0 Å². The zero-order chi connectivity index (χ0) is 11.5. The Balaban J connectivity index is 2.79. The van der Waals surface area contributed by atoms with Gasteiger partial charge in [0, 0.05) is 12.1 Å². The zero-order valence-electron chi connectivity index (χ0n) is 7.25. The number of nitro benzene ring substituents is 1. The molecule has 82 valence electrons. The van der Waals surface area contributed by atoms with E-state index in [1.54, 1.807) is 4.83 Å². The molecule has 0 atom stereocenters. The van der Waals surface area contributed by atoms with Crippen molar-refractivity contribution in [2.45, 2.75) is 0 Å². The lowest BCUT2D eigenvalue weighted by Crippen LogP contribution is -2.28. The number of anilines is 1. The Hall–Kier alpha value is -1.71. The molecule has 9 heteroatoms. The van der Waals surface area contributed by atoms with E-state index in [1.807, 2.05) is 0 Å². The van der Waals surface area contributed by atoms with Crippen LogP contribution in [-0.4, -0.2) is 17.9 Å². The fourth-order valence-corrected chi connectivity index (χ4v) is 1.07. The van der Waals surface area contributed by atoms with E-state index in [0.29, 0.717) is 0 Å². The number of hydrazine groups is 1. The predicted octanol–water partition coefficient (Wildman–Crippen LogP) is 0.314. The van der Waals surface area contributed by atoms with Gasteiger partial charge in [0.05, 0.1) is 10.6 Å². The topological polar surface area (TPSA) is 122 Å². The van der Waals surface area contributed by atoms with Crippen molar-refractivity contribution in [3.8, 4) is 0 Å². The molecule has 0 bridgehead atoms. The summed E-state index contributed by atoms with van der Waals surface area (Å²) in [5.41, 5.74) is 2.03. The first-order valence-corrected chi connectivity index (χ1v) is 5.07. The molecule has 0 heterocycles. The van der Waals surface area contributed by atoms with Gasteiger partial charge in [0.1, 0.15) is 0 Å². The monoisotopic (exact) mass is 233 g/mol. The van der Waals surface area contributed by atoms with Crippen LogP contribution in [0.4, 0.5) is 11.4 Å². The first kappa shape index (κ1) is 11.4. The van der Waals surface area contributed by atoms with Crippen molar-refractivity contribution in [3.05, 3.63) is 34.4 Å². The van der Waals surface area contributed by atoms with Crippen molar-refractivity contribution < 1.29 is 17.9 Å². The summed E-state index contributed by atoms with van der Waals surface area (Å²) in [6.45, 7) is 0. The number of hydrogen-bond acceptors (Lipinski definition) is 5. The zero-order valence-corrected chi connectivity index (χ0v) is 8.06. The molecule has 1 aromatic carbocycles. The number of non-ortho nitro benzene ring substituents is 1. The molecule has 0 saturated carbocycles. The van der Waals surface area contributed by atoms with Crippen molar-refractivity contribution in [3.63, 3.8) is 0 Å². The normalized spacial score (nSPS) is 11.0. The highest BCUT2D eigenvalue weighted by Crippen LogP contribution is 2.16. The first-order chi connectivity index (χ1) is 6.88. The van der Waals surface area contributed by atoms with E-state index in [2.05, 4.69) is 5.43 Å². The van der Waals surface area contributed by atoms with Crippen LogP contribution in [0.15, 0.2) is 24.3 Å². The van der Waals surface area contributed by atoms with Gasteiger partial charge in [0.15, 0.2) is 0 Å². The highest BCUT2D eigenvalue weighted by molar-refractivity contribution is 7.83. The third kappa shape index (κ3) is 3.89. The molecule has 0 aromatic heterocycles. The smallest absolute Gasteiger partial charge is 0.306 e. The fraction of sp³-hybridized carbons (Fsp3) is 0. The Morgan fingerprint density at radius 3 is 2.60 bits per heavy atom. The van der Waals surface area contributed by atoms with Crippen LogP contribution in [0, 0.1) is 10.1 Å². The lowest BCUT2D eigenvalue weighted by atomic mass is 10.3. The number of hydrogen-bond donors (Lipinski definition) is 3. The van der Waals surface area contributed by atoms with Gasteiger partial charge in [0.25, 0.3) is 5.69 Å². The third-order valence-electron chi connectivity index (χ3n) is 1.38. The van der Waals surface area contributed by atoms with Gasteiger partial charge in [-0.2, -0.15) is 8.42 Å². The Morgan fingerprint density at radius 2 is 2.07 bits per heavy atom. The first-order valence-electron chi connectivity index (χ1n) is 3.63. The molecule has 1 aromatic rings. The second-order valence-electron chi connectivity index (χ2n) is 2.51. The molecule has 8 nitrogen and oxygen atoms in total. The quantitative estimate of drug-likeness (QED) is 0.391. The lowest BCUT2D eigenvalue weighted by Gasteiger charge is -2.04. The second kappa shape index (κ2) is 4.21. The van der Waals surface area contributed by atoms with E-state index in [-0.39, 0.29) is 11.4 Å². The molecule has 0 saturated heterocycles. The summed E-state index contributed by atoms with van der Waals surface area (Å²) in [7, 11) is -4.39. The Bertz CT molecular complexity index is 471. The highest BCUT2D eigenvalue weighted by atomic mass is 32.2. The van der Waals surface area contributed by atoms with Crippen molar-refractivity contribution in [1.29, 1.82) is 0 Å². The molecule has 15 heavy (non-hydrogen) atoms. The molecule has 3 N–H and O–H groups in total. The summed E-state index contributed by atoms with van der Waals surface area (Å²) in [5.74, 6) is 0. The van der Waals surface area contributed by atoms with E-state index in [9.17, 15) is 18.5 Å². The summed E-state index contributed by atoms with van der Waals surface area (Å²) in [4.78, 5) is 11.3. The molecule has 0 radical (unpaired) electrons. The molecule has 0 aliphatic rings. The van der Waals surface area contributed by atoms with E-state index < -0.39 is 15.2 Å². The van der Waals surface area contributed by atoms with Gasteiger partial charge in [-0.15, -0.1) is 4.83 Å². The number of nitrogens with one attached hydrogen (secondary N) is 2. The molecular weight excluding hydrogens is 226 g/mol. The SMILES string of the molecule is O=[N+]([O-])c1cccc(NNS(=O)(=O)O)c1. The summed E-state index contributed by atoms with van der Waals surface area (Å²) in [6, 6.07) is 5.12. The summed E-state index contributed by atoms with van der Waals surface area (Å²) in [5, 5.41) is 10.3. The maximum atomic E-state index is 10.3. The van der Waals surface area contributed by atoms with Crippen molar-refractivity contribution >= 4 is 21.7 Å². The average Bonchev–Trinajstić information content (AvgIpc) is 2.14. The standard InChI is InChI=1S/C6H7N3O5S/c10-9(11)6-3-1-2-5(4-6)7-8-15(12,13)14/h1-4,7-8H,(H,12,13,14). The van der Waals surface area contributed by atoms with Gasteiger partial charge in [-0.25, -0.2) is 0 Å². The fourth-order valence-electron chi connectivity index (χ4n) is 0.821. The van der Waals surface area contributed by atoms with Crippen LogP contribution < -0.4 is 10.3 Å². The van der Waals surface area contributed by atoms with Crippen LogP contribution >= 0.6 is 0 Å². The molecule has 0 unspecified atom stereocenters. The van der Waals surface area contributed by atoms with E-state index in [0.717, 1.165) is 6.07 Å². The van der Waals surface area contributed by atoms with Crippen molar-refractivity contribution in [1.82, 2.24) is 4.83 Å². The van der Waals surface area contributed by atoms with E-state index in [4.69, 9.17) is 4.55 Å². The van der Waals surface area contributed by atoms with E-state index in [1.165, 1.54) is 18.2 Å². The molecular formula is C6H7N3O5S. The number of nitrogens with zero attached hydrogens (tertiary/aromatic N) is 1. The molecule has 0 spiro atoms. The highest BCUT2D eigenvalue weighted by Gasteiger charge is 2.07. The number of nitro groups is 1. The van der Waals surface area contributed by atoms with Gasteiger partial charge >= 0.3 is 10.3 Å². The summed E-state index contributed by atoms with van der Waals surface area (Å²) >= 11 is 0. The van der Waals surface area contributed by atoms with Crippen molar-refractivity contribution in [2.24, 2.45) is 0 Å². The van der Waals surface area contributed by atoms with Crippen molar-refractivity contribution in [2.75, 3.05) is 5.43 Å². The minimum atomic E-state index is -4.39. The Labute approximate surface area is 84.9 Å². The molecule has 0 aliphatic heterocycles. The maximum absolute atomic E-state index is 10.3. The maximum Gasteiger partial charge on any atom is 0.350 e. The van der Waals surface area contributed by atoms with Gasteiger partial charge in [-0.05, 0) is 6.07 Å². The summed E-state index contributed by atoms with van der Waals surface area (Å²) in [6.07, 6.45) is 0. The molecule has 0 aliphatic carbocycles.